The van der Waals surface area contributed by atoms with Crippen LogP contribution in [0, 0.1) is 0 Å². The highest BCUT2D eigenvalue weighted by Crippen LogP contribution is 2.08. The number of nitrogens with one attached hydrogen (secondary N) is 1. The molecule has 0 amide bonds. The Morgan fingerprint density at radius 2 is 1.94 bits per heavy atom. The van der Waals surface area contributed by atoms with Gasteiger partial charge in [-0.05, 0) is 11.6 Å². The molecule has 84 valence electrons. The van der Waals surface area contributed by atoms with E-state index in [-0.39, 0.29) is 0 Å². The van der Waals surface area contributed by atoms with Gasteiger partial charge in [-0.1, -0.05) is 30.3 Å². The van der Waals surface area contributed by atoms with Crippen LogP contribution in [0.4, 0.5) is 5.82 Å². The predicted octanol–water partition coefficient (Wildman–Crippen LogP) is 2.34. The van der Waals surface area contributed by atoms with E-state index in [0.717, 1.165) is 18.0 Å². The molecule has 3 aromatic rings. The summed E-state index contributed by atoms with van der Waals surface area (Å²) >= 11 is 0. The fourth-order valence-corrected chi connectivity index (χ4v) is 1.70. The van der Waals surface area contributed by atoms with Crippen LogP contribution in [0.1, 0.15) is 5.56 Å². The van der Waals surface area contributed by atoms with Crippen molar-refractivity contribution in [2.24, 2.45) is 0 Å². The summed E-state index contributed by atoms with van der Waals surface area (Å²) in [4.78, 5) is 4.44. The third kappa shape index (κ3) is 2.10. The first-order valence-corrected chi connectivity index (χ1v) is 5.50. The third-order valence-corrected chi connectivity index (χ3v) is 2.57. The summed E-state index contributed by atoms with van der Waals surface area (Å²) in [5.41, 5.74) is 2.09. The molecule has 2 heterocycles. The first-order valence-electron chi connectivity index (χ1n) is 5.50. The van der Waals surface area contributed by atoms with Gasteiger partial charge in [0.05, 0.1) is 6.20 Å². The van der Waals surface area contributed by atoms with Crippen LogP contribution in [0.15, 0.2) is 54.9 Å². The second-order valence-corrected chi connectivity index (χ2v) is 3.79. The minimum atomic E-state index is 0.776. The average molecular weight is 224 g/mol. The quantitative estimate of drug-likeness (QED) is 0.742. The number of benzene rings is 1. The minimum absolute atomic E-state index is 0.776. The molecule has 4 heteroatoms. The Morgan fingerprint density at radius 3 is 2.82 bits per heavy atom. The van der Waals surface area contributed by atoms with Crippen molar-refractivity contribution in [1.29, 1.82) is 0 Å². The molecule has 1 aromatic carbocycles. The molecule has 0 spiro atoms. The maximum absolute atomic E-state index is 4.44. The van der Waals surface area contributed by atoms with Gasteiger partial charge >= 0.3 is 0 Å². The van der Waals surface area contributed by atoms with Crippen molar-refractivity contribution in [2.45, 2.75) is 6.54 Å². The largest absolute Gasteiger partial charge is 0.366 e. The van der Waals surface area contributed by atoms with Crippen molar-refractivity contribution in [3.63, 3.8) is 0 Å². The molecule has 0 aliphatic heterocycles. The van der Waals surface area contributed by atoms with Crippen molar-refractivity contribution >= 4 is 11.5 Å². The second-order valence-electron chi connectivity index (χ2n) is 3.79. The Kier molecular flexibility index (Phi) is 2.46. The van der Waals surface area contributed by atoms with Crippen molar-refractivity contribution in [3.05, 3.63) is 60.4 Å². The number of nitrogens with zero attached hydrogens (tertiary/aromatic N) is 3. The van der Waals surface area contributed by atoms with Crippen LogP contribution in [0.2, 0.25) is 0 Å². The first kappa shape index (κ1) is 9.84. The molecule has 0 radical (unpaired) electrons. The molecule has 0 aliphatic carbocycles. The summed E-state index contributed by atoms with van der Waals surface area (Å²) in [6, 6.07) is 14.1. The van der Waals surface area contributed by atoms with Crippen molar-refractivity contribution < 1.29 is 0 Å². The van der Waals surface area contributed by atoms with Gasteiger partial charge in [0.15, 0.2) is 5.65 Å². The fraction of sp³-hybridized carbons (Fsp3) is 0.0769. The zero-order chi connectivity index (χ0) is 11.5. The van der Waals surface area contributed by atoms with Crippen molar-refractivity contribution in [3.8, 4) is 0 Å². The number of rotatable bonds is 3. The Morgan fingerprint density at radius 1 is 1.06 bits per heavy atom. The summed E-state index contributed by atoms with van der Waals surface area (Å²) in [5, 5.41) is 7.40. The van der Waals surface area contributed by atoms with E-state index in [1.807, 2.05) is 36.5 Å². The van der Waals surface area contributed by atoms with E-state index in [1.165, 1.54) is 5.56 Å². The zero-order valence-corrected chi connectivity index (χ0v) is 9.24. The molecule has 2 aromatic heterocycles. The van der Waals surface area contributed by atoms with E-state index in [4.69, 9.17) is 0 Å². The van der Waals surface area contributed by atoms with Crippen LogP contribution in [0.3, 0.4) is 0 Å². The van der Waals surface area contributed by atoms with Crippen LogP contribution in [0.25, 0.3) is 5.65 Å². The highest BCUT2D eigenvalue weighted by atomic mass is 15.2. The molecule has 0 saturated carbocycles. The molecule has 0 fully saturated rings. The van der Waals surface area contributed by atoms with Gasteiger partial charge in [0.25, 0.3) is 0 Å². The molecule has 1 N–H and O–H groups in total. The van der Waals surface area contributed by atoms with Gasteiger partial charge in [-0.3, -0.25) is 0 Å². The summed E-state index contributed by atoms with van der Waals surface area (Å²) < 4.78 is 1.74. The SMILES string of the molecule is c1ccc(CNc2ccn3nccc3n2)cc1. The maximum atomic E-state index is 4.44. The number of anilines is 1. The molecule has 0 bridgehead atoms. The molecular weight excluding hydrogens is 212 g/mol. The van der Waals surface area contributed by atoms with Crippen molar-refractivity contribution in [2.75, 3.05) is 5.32 Å². The van der Waals surface area contributed by atoms with Crippen LogP contribution in [0.5, 0.6) is 0 Å². The Hall–Kier alpha value is -2.36. The van der Waals surface area contributed by atoms with Crippen LogP contribution < -0.4 is 5.32 Å². The summed E-state index contributed by atoms with van der Waals surface area (Å²) in [6.07, 6.45) is 3.64. The molecule has 0 atom stereocenters. The summed E-state index contributed by atoms with van der Waals surface area (Å²) in [6.45, 7) is 0.776. The molecule has 4 nitrogen and oxygen atoms in total. The lowest BCUT2D eigenvalue weighted by atomic mass is 10.2. The maximum Gasteiger partial charge on any atom is 0.157 e. The van der Waals surface area contributed by atoms with E-state index >= 15 is 0 Å². The van der Waals surface area contributed by atoms with E-state index in [1.54, 1.807) is 10.7 Å². The Labute approximate surface area is 98.9 Å². The van der Waals surface area contributed by atoms with Crippen LogP contribution >= 0.6 is 0 Å². The van der Waals surface area contributed by atoms with Gasteiger partial charge in [0.2, 0.25) is 0 Å². The van der Waals surface area contributed by atoms with Gasteiger partial charge in [-0.2, -0.15) is 5.10 Å². The summed E-state index contributed by atoms with van der Waals surface area (Å²) in [7, 11) is 0. The minimum Gasteiger partial charge on any atom is -0.366 e. The van der Waals surface area contributed by atoms with Gasteiger partial charge in [0.1, 0.15) is 5.82 Å². The van der Waals surface area contributed by atoms with E-state index in [9.17, 15) is 0 Å². The number of aromatic nitrogens is 3. The average Bonchev–Trinajstić information content (AvgIpc) is 2.85. The van der Waals surface area contributed by atoms with E-state index < -0.39 is 0 Å². The van der Waals surface area contributed by atoms with E-state index in [0.29, 0.717) is 0 Å². The topological polar surface area (TPSA) is 42.2 Å². The molecule has 17 heavy (non-hydrogen) atoms. The van der Waals surface area contributed by atoms with Gasteiger partial charge in [-0.15, -0.1) is 0 Å². The van der Waals surface area contributed by atoms with Crippen LogP contribution in [-0.2, 0) is 6.54 Å². The van der Waals surface area contributed by atoms with Gasteiger partial charge in [0, 0.05) is 18.8 Å². The summed E-state index contributed by atoms with van der Waals surface area (Å²) in [5.74, 6) is 0.863. The smallest absolute Gasteiger partial charge is 0.157 e. The lowest BCUT2D eigenvalue weighted by Crippen LogP contribution is -2.02. The van der Waals surface area contributed by atoms with Crippen LogP contribution in [-0.4, -0.2) is 14.6 Å². The number of hydrogen-bond acceptors (Lipinski definition) is 3. The Balaban J connectivity index is 1.76. The first-order chi connectivity index (χ1) is 8.42. The number of fused-ring (bicyclic) bond motifs is 1. The third-order valence-electron chi connectivity index (χ3n) is 2.57. The second kappa shape index (κ2) is 4.25. The molecular formula is C13H12N4. The molecule has 3 rings (SSSR count). The molecule has 0 unspecified atom stereocenters. The highest BCUT2D eigenvalue weighted by Gasteiger charge is 1.98. The normalized spacial score (nSPS) is 10.6. The zero-order valence-electron chi connectivity index (χ0n) is 9.24. The van der Waals surface area contributed by atoms with Crippen molar-refractivity contribution in [1.82, 2.24) is 14.6 Å². The lowest BCUT2D eigenvalue weighted by molar-refractivity contribution is 0.936. The monoisotopic (exact) mass is 224 g/mol. The molecule has 0 aliphatic rings. The Bertz CT molecular complexity index is 615. The lowest BCUT2D eigenvalue weighted by Gasteiger charge is -2.05. The van der Waals surface area contributed by atoms with Gasteiger partial charge < -0.3 is 5.32 Å². The predicted molar refractivity (Wildman–Crippen MR) is 66.8 cm³/mol. The van der Waals surface area contributed by atoms with Gasteiger partial charge in [-0.25, -0.2) is 9.50 Å². The number of hydrogen-bond donors (Lipinski definition) is 1. The standard InChI is InChI=1S/C13H12N4/c1-2-4-11(5-3-1)10-14-12-7-9-17-13(16-12)6-8-15-17/h1-9H,10H2,(H,14,16). The highest BCUT2D eigenvalue weighted by molar-refractivity contribution is 5.45. The fourth-order valence-electron chi connectivity index (χ4n) is 1.70. The van der Waals surface area contributed by atoms with E-state index in [2.05, 4.69) is 27.5 Å². The molecule has 0 saturated heterocycles.